The normalized spacial score (nSPS) is 11.4. The van der Waals surface area contributed by atoms with E-state index < -0.39 is 11.7 Å². The highest BCUT2D eigenvalue weighted by Crippen LogP contribution is 2.29. The number of halogens is 3. The summed E-state index contributed by atoms with van der Waals surface area (Å²) in [6.07, 6.45) is -4.36. The van der Waals surface area contributed by atoms with Crippen molar-refractivity contribution in [3.05, 3.63) is 89.5 Å². The smallest absolute Gasteiger partial charge is 0.416 e. The number of nitrogens with one attached hydrogen (secondary N) is 2. The Bertz CT molecular complexity index is 1130. The molecule has 4 rings (SSSR count). The van der Waals surface area contributed by atoms with Crippen LogP contribution in [0.15, 0.2) is 72.8 Å². The lowest BCUT2D eigenvalue weighted by molar-refractivity contribution is -0.137. The lowest BCUT2D eigenvalue weighted by atomic mass is 10.1. The molecule has 0 bridgehead atoms. The lowest BCUT2D eigenvalue weighted by Crippen LogP contribution is -2.12. The van der Waals surface area contributed by atoms with E-state index in [2.05, 4.69) is 15.3 Å². The van der Waals surface area contributed by atoms with Crippen molar-refractivity contribution >= 4 is 22.9 Å². The first-order chi connectivity index (χ1) is 14.4. The van der Waals surface area contributed by atoms with Crippen molar-refractivity contribution in [3.8, 4) is 5.75 Å². The van der Waals surface area contributed by atoms with Crippen LogP contribution < -0.4 is 10.1 Å². The maximum atomic E-state index is 12.6. The maximum Gasteiger partial charge on any atom is 0.416 e. The van der Waals surface area contributed by atoms with E-state index in [4.69, 9.17) is 4.74 Å². The van der Waals surface area contributed by atoms with Gasteiger partial charge >= 0.3 is 6.18 Å². The average molecular weight is 411 g/mol. The van der Waals surface area contributed by atoms with Gasteiger partial charge in [-0.2, -0.15) is 13.2 Å². The first-order valence-electron chi connectivity index (χ1n) is 9.03. The van der Waals surface area contributed by atoms with Crippen LogP contribution in [-0.2, 0) is 12.8 Å². The average Bonchev–Trinajstić information content (AvgIpc) is 3.14. The molecule has 0 fully saturated rings. The second-order valence-electron chi connectivity index (χ2n) is 6.56. The second kappa shape index (κ2) is 7.90. The number of aromatic nitrogens is 2. The number of amides is 1. The van der Waals surface area contributed by atoms with Crippen LogP contribution in [0.4, 0.5) is 19.1 Å². The third kappa shape index (κ3) is 4.43. The van der Waals surface area contributed by atoms with Gasteiger partial charge in [0.05, 0.1) is 16.6 Å². The van der Waals surface area contributed by atoms with Crippen molar-refractivity contribution in [1.82, 2.24) is 9.97 Å². The number of carbonyl (C=O) groups excluding carboxylic acids is 1. The van der Waals surface area contributed by atoms with Crippen LogP contribution in [0.5, 0.6) is 5.75 Å². The summed E-state index contributed by atoms with van der Waals surface area (Å²) in [5, 5.41) is 2.70. The van der Waals surface area contributed by atoms with E-state index in [-0.39, 0.29) is 12.5 Å². The van der Waals surface area contributed by atoms with Crippen LogP contribution in [0.3, 0.4) is 0 Å². The minimum Gasteiger partial charge on any atom is -0.489 e. The predicted octanol–water partition coefficient (Wildman–Crippen LogP) is 5.41. The molecule has 0 spiro atoms. The molecule has 1 amide bonds. The summed E-state index contributed by atoms with van der Waals surface area (Å²) in [6.45, 7) is 0.114. The summed E-state index contributed by atoms with van der Waals surface area (Å²) in [6, 6.07) is 18.7. The first kappa shape index (κ1) is 19.5. The van der Waals surface area contributed by atoms with Crippen molar-refractivity contribution < 1.29 is 22.7 Å². The Morgan fingerprint density at radius 3 is 2.33 bits per heavy atom. The van der Waals surface area contributed by atoms with Crippen LogP contribution in [0.2, 0.25) is 0 Å². The van der Waals surface area contributed by atoms with E-state index in [1.165, 1.54) is 12.1 Å². The second-order valence-corrected chi connectivity index (χ2v) is 6.56. The fraction of sp³-hybridized carbons (Fsp3) is 0.0909. The summed E-state index contributed by atoms with van der Waals surface area (Å²) in [5.74, 6) is 0.516. The van der Waals surface area contributed by atoms with Gasteiger partial charge < -0.3 is 9.72 Å². The predicted molar refractivity (Wildman–Crippen MR) is 106 cm³/mol. The largest absolute Gasteiger partial charge is 0.489 e. The van der Waals surface area contributed by atoms with E-state index in [1.807, 2.05) is 24.3 Å². The third-order valence-corrected chi connectivity index (χ3v) is 4.42. The molecule has 0 aliphatic carbocycles. The number of hydrogen-bond acceptors (Lipinski definition) is 3. The fourth-order valence-electron chi connectivity index (χ4n) is 2.85. The van der Waals surface area contributed by atoms with Crippen LogP contribution in [0, 0.1) is 0 Å². The molecule has 152 valence electrons. The molecule has 0 saturated carbocycles. The molecule has 3 aromatic carbocycles. The van der Waals surface area contributed by atoms with Crippen molar-refractivity contribution in [2.45, 2.75) is 12.8 Å². The number of ether oxygens (including phenoxy) is 1. The molecule has 2 N–H and O–H groups in total. The maximum absolute atomic E-state index is 12.6. The highest BCUT2D eigenvalue weighted by atomic mass is 19.4. The van der Waals surface area contributed by atoms with Gasteiger partial charge in [0.1, 0.15) is 12.4 Å². The number of alkyl halides is 3. The Morgan fingerprint density at radius 1 is 0.967 bits per heavy atom. The summed E-state index contributed by atoms with van der Waals surface area (Å²) in [7, 11) is 0. The Labute approximate surface area is 169 Å². The Balaban J connectivity index is 1.35. The molecule has 1 heterocycles. The number of imidazole rings is 1. The number of nitrogens with zero attached hydrogens (tertiary/aromatic N) is 1. The van der Waals surface area contributed by atoms with Gasteiger partial charge in [0.25, 0.3) is 5.91 Å². The number of anilines is 1. The summed E-state index contributed by atoms with van der Waals surface area (Å²) in [5.41, 5.74) is 1.89. The van der Waals surface area contributed by atoms with Gasteiger partial charge in [-0.1, -0.05) is 24.3 Å². The van der Waals surface area contributed by atoms with Gasteiger partial charge in [0.15, 0.2) is 0 Å². The fourth-order valence-corrected chi connectivity index (χ4v) is 2.85. The van der Waals surface area contributed by atoms with Crippen molar-refractivity contribution in [1.29, 1.82) is 0 Å². The number of carbonyl (C=O) groups is 1. The highest BCUT2D eigenvalue weighted by Gasteiger charge is 2.29. The number of para-hydroxylation sites is 2. The molecule has 0 atom stereocenters. The van der Waals surface area contributed by atoms with E-state index in [0.29, 0.717) is 22.8 Å². The van der Waals surface area contributed by atoms with Gasteiger partial charge in [0, 0.05) is 5.56 Å². The number of fused-ring (bicyclic) bond motifs is 1. The van der Waals surface area contributed by atoms with Gasteiger partial charge in [-0.25, -0.2) is 4.98 Å². The van der Waals surface area contributed by atoms with E-state index >= 15 is 0 Å². The Hall–Kier alpha value is -3.81. The zero-order valence-corrected chi connectivity index (χ0v) is 15.5. The third-order valence-electron chi connectivity index (χ3n) is 4.42. The number of aromatic amines is 1. The molecule has 1 aromatic heterocycles. The standard InChI is InChI=1S/C22H16F3N3O2/c23-22(24,25)16-9-5-14(6-10-16)13-30-17-11-7-15(8-12-17)20(29)28-21-26-18-3-1-2-4-19(18)27-21/h1-12H,13H2,(H2,26,27,28,29). The molecule has 30 heavy (non-hydrogen) atoms. The topological polar surface area (TPSA) is 67.0 Å². The molecule has 0 unspecified atom stereocenters. The van der Waals surface area contributed by atoms with E-state index in [0.717, 1.165) is 23.2 Å². The number of H-pyrrole nitrogens is 1. The molecule has 4 aromatic rings. The molecule has 0 aliphatic rings. The highest BCUT2D eigenvalue weighted by molar-refractivity contribution is 6.04. The van der Waals surface area contributed by atoms with Crippen LogP contribution in [-0.4, -0.2) is 15.9 Å². The molecular formula is C22H16F3N3O2. The van der Waals surface area contributed by atoms with Crippen molar-refractivity contribution in [2.24, 2.45) is 0 Å². The zero-order chi connectivity index (χ0) is 21.1. The summed E-state index contributed by atoms with van der Waals surface area (Å²) >= 11 is 0. The molecule has 0 aliphatic heterocycles. The molecule has 0 saturated heterocycles. The van der Waals surface area contributed by atoms with E-state index in [9.17, 15) is 18.0 Å². The lowest BCUT2D eigenvalue weighted by Gasteiger charge is -2.09. The number of rotatable bonds is 5. The van der Waals surface area contributed by atoms with Crippen molar-refractivity contribution in [3.63, 3.8) is 0 Å². The quantitative estimate of drug-likeness (QED) is 0.461. The molecular weight excluding hydrogens is 395 g/mol. The first-order valence-corrected chi connectivity index (χ1v) is 9.03. The number of benzene rings is 3. The van der Waals surface area contributed by atoms with Gasteiger partial charge in [-0.15, -0.1) is 0 Å². The minimum absolute atomic E-state index is 0.114. The van der Waals surface area contributed by atoms with Crippen LogP contribution in [0.1, 0.15) is 21.5 Å². The van der Waals surface area contributed by atoms with E-state index in [1.54, 1.807) is 24.3 Å². The Morgan fingerprint density at radius 2 is 1.67 bits per heavy atom. The summed E-state index contributed by atoms with van der Waals surface area (Å²) in [4.78, 5) is 19.7. The monoisotopic (exact) mass is 411 g/mol. The molecule has 0 radical (unpaired) electrons. The SMILES string of the molecule is O=C(Nc1nc2ccccc2[nH]1)c1ccc(OCc2ccc(C(F)(F)F)cc2)cc1. The zero-order valence-electron chi connectivity index (χ0n) is 15.5. The molecule has 8 heteroatoms. The minimum atomic E-state index is -4.36. The van der Waals surface area contributed by atoms with Crippen molar-refractivity contribution in [2.75, 3.05) is 5.32 Å². The van der Waals surface area contributed by atoms with Gasteiger partial charge in [-0.3, -0.25) is 10.1 Å². The van der Waals surface area contributed by atoms with Crippen LogP contribution >= 0.6 is 0 Å². The van der Waals surface area contributed by atoms with Crippen LogP contribution in [0.25, 0.3) is 11.0 Å². The summed E-state index contributed by atoms with van der Waals surface area (Å²) < 4.78 is 43.4. The van der Waals surface area contributed by atoms with Gasteiger partial charge in [-0.05, 0) is 54.1 Å². The Kier molecular flexibility index (Phi) is 5.14. The molecule has 5 nitrogen and oxygen atoms in total. The van der Waals surface area contributed by atoms with Gasteiger partial charge in [0.2, 0.25) is 5.95 Å². The number of hydrogen-bond donors (Lipinski definition) is 2.